The lowest BCUT2D eigenvalue weighted by atomic mass is 9.69. The van der Waals surface area contributed by atoms with Crippen molar-refractivity contribution in [3.8, 4) is 0 Å². The summed E-state index contributed by atoms with van der Waals surface area (Å²) in [4.78, 5) is 24.0. The Bertz CT molecular complexity index is 510. The molecule has 0 aromatic carbocycles. The van der Waals surface area contributed by atoms with Crippen molar-refractivity contribution >= 4 is 23.0 Å². The SMILES string of the molecule is CCOC(=O)C(CN)NS(=O)OCC12CCC(CC1=O)C2(C)C. The van der Waals surface area contributed by atoms with Crippen molar-refractivity contribution in [3.63, 3.8) is 0 Å². The van der Waals surface area contributed by atoms with Crippen LogP contribution in [0, 0.1) is 16.7 Å². The van der Waals surface area contributed by atoms with Gasteiger partial charge >= 0.3 is 5.97 Å². The smallest absolute Gasteiger partial charge is 0.325 e. The normalized spacial score (nSPS) is 31.1. The summed E-state index contributed by atoms with van der Waals surface area (Å²) in [6.07, 6.45) is 2.33. The van der Waals surface area contributed by atoms with Gasteiger partial charge in [0.2, 0.25) is 11.3 Å². The minimum Gasteiger partial charge on any atom is -0.465 e. The van der Waals surface area contributed by atoms with Gasteiger partial charge in [0.1, 0.15) is 11.8 Å². The van der Waals surface area contributed by atoms with Gasteiger partial charge in [0.05, 0.1) is 18.6 Å². The lowest BCUT2D eigenvalue weighted by molar-refractivity contribution is -0.144. The van der Waals surface area contributed by atoms with Crippen LogP contribution in [0.4, 0.5) is 0 Å². The molecule has 2 aliphatic rings. The van der Waals surface area contributed by atoms with Crippen molar-refractivity contribution < 1.29 is 22.7 Å². The van der Waals surface area contributed by atoms with Crippen molar-refractivity contribution in [2.24, 2.45) is 22.5 Å². The minimum atomic E-state index is -1.91. The van der Waals surface area contributed by atoms with Crippen LogP contribution in [0.5, 0.6) is 0 Å². The second-order valence-corrected chi connectivity index (χ2v) is 7.76. The Labute approximate surface area is 139 Å². The van der Waals surface area contributed by atoms with Crippen LogP contribution in [0.3, 0.4) is 0 Å². The van der Waals surface area contributed by atoms with Crippen molar-refractivity contribution in [1.29, 1.82) is 0 Å². The van der Waals surface area contributed by atoms with E-state index in [9.17, 15) is 13.8 Å². The van der Waals surface area contributed by atoms with E-state index >= 15 is 0 Å². The Morgan fingerprint density at radius 3 is 2.70 bits per heavy atom. The zero-order valence-corrected chi connectivity index (χ0v) is 14.7. The van der Waals surface area contributed by atoms with Crippen LogP contribution in [0.25, 0.3) is 0 Å². The van der Waals surface area contributed by atoms with Gasteiger partial charge in [0.25, 0.3) is 0 Å². The predicted octanol–water partition coefficient (Wildman–Crippen LogP) is 0.457. The summed E-state index contributed by atoms with van der Waals surface area (Å²) >= 11 is -1.91. The molecule has 2 fully saturated rings. The van der Waals surface area contributed by atoms with Gasteiger partial charge in [0.15, 0.2) is 0 Å². The number of nitrogens with one attached hydrogen (secondary N) is 1. The molecule has 0 aliphatic heterocycles. The van der Waals surface area contributed by atoms with Crippen molar-refractivity contribution in [1.82, 2.24) is 4.72 Å². The van der Waals surface area contributed by atoms with Gasteiger partial charge in [-0.25, -0.2) is 4.21 Å². The molecule has 3 N–H and O–H groups in total. The molecule has 7 nitrogen and oxygen atoms in total. The number of ketones is 1. The van der Waals surface area contributed by atoms with E-state index in [4.69, 9.17) is 14.7 Å². The maximum absolute atomic E-state index is 12.4. The van der Waals surface area contributed by atoms with Gasteiger partial charge < -0.3 is 10.5 Å². The third-order valence-corrected chi connectivity index (χ3v) is 6.41. The number of hydrogen-bond acceptors (Lipinski definition) is 6. The highest BCUT2D eigenvalue weighted by Crippen LogP contribution is 2.63. The number of rotatable bonds is 8. The zero-order chi connectivity index (χ0) is 17.3. The third-order valence-electron chi connectivity index (χ3n) is 5.60. The Hall–Kier alpha value is -0.830. The lowest BCUT2D eigenvalue weighted by Crippen LogP contribution is -2.46. The first-order valence-electron chi connectivity index (χ1n) is 7.99. The first kappa shape index (κ1) is 18.5. The molecule has 0 saturated heterocycles. The molecule has 0 aromatic rings. The van der Waals surface area contributed by atoms with Gasteiger partial charge in [-0.1, -0.05) is 13.8 Å². The highest BCUT2D eigenvalue weighted by atomic mass is 32.2. The molecule has 2 saturated carbocycles. The van der Waals surface area contributed by atoms with Crippen molar-refractivity contribution in [2.75, 3.05) is 19.8 Å². The standard InChI is InChI=1S/C15H26N2O5S/c1-4-21-13(19)11(8-16)17-23(20)22-9-15-6-5-10(7-12(15)18)14(15,2)3/h10-11,17H,4-9,16H2,1-3H3. The fourth-order valence-electron chi connectivity index (χ4n) is 3.85. The number of fused-ring (bicyclic) bond motifs is 2. The molecule has 2 rings (SSSR count). The molecule has 23 heavy (non-hydrogen) atoms. The average molecular weight is 346 g/mol. The summed E-state index contributed by atoms with van der Waals surface area (Å²) in [6, 6.07) is -0.892. The molecule has 0 spiro atoms. The highest BCUT2D eigenvalue weighted by molar-refractivity contribution is 7.78. The van der Waals surface area contributed by atoms with Crippen LogP contribution < -0.4 is 10.5 Å². The van der Waals surface area contributed by atoms with Gasteiger partial charge in [-0.3, -0.25) is 13.8 Å². The van der Waals surface area contributed by atoms with Gasteiger partial charge in [-0.15, -0.1) is 0 Å². The third kappa shape index (κ3) is 3.22. The summed E-state index contributed by atoms with van der Waals surface area (Å²) in [7, 11) is 0. The largest absolute Gasteiger partial charge is 0.465 e. The number of Topliss-reactive ketones (excluding diaryl/α,β-unsaturated/α-hetero) is 1. The van der Waals surface area contributed by atoms with E-state index in [1.165, 1.54) is 0 Å². The van der Waals surface area contributed by atoms with E-state index in [0.29, 0.717) is 12.3 Å². The van der Waals surface area contributed by atoms with E-state index < -0.39 is 28.7 Å². The van der Waals surface area contributed by atoms with Crippen LogP contribution in [0.15, 0.2) is 0 Å². The quantitative estimate of drug-likeness (QED) is 0.618. The second-order valence-electron chi connectivity index (χ2n) is 6.82. The predicted molar refractivity (Wildman–Crippen MR) is 85.3 cm³/mol. The van der Waals surface area contributed by atoms with Gasteiger partial charge in [-0.2, -0.15) is 4.72 Å². The molecule has 0 radical (unpaired) electrons. The number of hydrogen-bond donors (Lipinski definition) is 2. The molecule has 132 valence electrons. The van der Waals surface area contributed by atoms with E-state index in [-0.39, 0.29) is 31.0 Å². The summed E-state index contributed by atoms with van der Waals surface area (Å²) in [5.41, 5.74) is 4.76. The summed E-state index contributed by atoms with van der Waals surface area (Å²) in [5.74, 6) is -0.00356. The number of ether oxygens (including phenoxy) is 1. The van der Waals surface area contributed by atoms with Crippen LogP contribution in [0.2, 0.25) is 0 Å². The monoisotopic (exact) mass is 346 g/mol. The number of nitrogens with two attached hydrogens (primary N) is 1. The van der Waals surface area contributed by atoms with E-state index in [0.717, 1.165) is 12.8 Å². The van der Waals surface area contributed by atoms with E-state index in [1.54, 1.807) is 6.92 Å². The first-order chi connectivity index (χ1) is 10.8. The molecular weight excluding hydrogens is 320 g/mol. The Kier molecular flexibility index (Phi) is 5.60. The fraction of sp³-hybridized carbons (Fsp3) is 0.867. The number of esters is 1. The first-order valence-corrected chi connectivity index (χ1v) is 9.07. The van der Waals surface area contributed by atoms with Crippen LogP contribution in [0.1, 0.15) is 40.0 Å². The summed E-state index contributed by atoms with van der Waals surface area (Å²) < 4.78 is 24.8. The summed E-state index contributed by atoms with van der Waals surface area (Å²) in [6.45, 7) is 6.11. The van der Waals surface area contributed by atoms with Gasteiger partial charge in [-0.05, 0) is 31.1 Å². The Morgan fingerprint density at radius 2 is 2.22 bits per heavy atom. The van der Waals surface area contributed by atoms with Crippen molar-refractivity contribution in [3.05, 3.63) is 0 Å². The topological polar surface area (TPSA) is 108 Å². The maximum atomic E-state index is 12.4. The highest BCUT2D eigenvalue weighted by Gasteiger charge is 2.64. The zero-order valence-electron chi connectivity index (χ0n) is 13.9. The van der Waals surface area contributed by atoms with Crippen LogP contribution >= 0.6 is 0 Å². The Morgan fingerprint density at radius 1 is 1.52 bits per heavy atom. The molecule has 0 aromatic heterocycles. The van der Waals surface area contributed by atoms with Crippen LogP contribution in [-0.4, -0.2) is 41.8 Å². The molecule has 8 heteroatoms. The number of carbonyl (C=O) groups is 2. The minimum absolute atomic E-state index is 0.0500. The maximum Gasteiger partial charge on any atom is 0.325 e. The molecule has 2 aliphatic carbocycles. The van der Waals surface area contributed by atoms with Crippen LogP contribution in [-0.2, 0) is 29.8 Å². The molecule has 0 amide bonds. The lowest BCUT2D eigenvalue weighted by Gasteiger charge is -2.35. The molecule has 4 atom stereocenters. The van der Waals surface area contributed by atoms with E-state index in [2.05, 4.69) is 18.6 Å². The second kappa shape index (κ2) is 6.96. The average Bonchev–Trinajstić information content (AvgIpc) is 2.85. The molecule has 2 bridgehead atoms. The molecule has 0 heterocycles. The molecular formula is C15H26N2O5S. The Balaban J connectivity index is 1.94. The van der Waals surface area contributed by atoms with E-state index in [1.807, 2.05) is 0 Å². The fourth-order valence-corrected chi connectivity index (χ4v) is 4.65. The van der Waals surface area contributed by atoms with Crippen molar-refractivity contribution in [2.45, 2.75) is 46.1 Å². The molecule has 4 unspecified atom stereocenters. The summed E-state index contributed by atoms with van der Waals surface area (Å²) in [5, 5.41) is 0. The van der Waals surface area contributed by atoms with Gasteiger partial charge in [0, 0.05) is 13.0 Å². The number of carbonyl (C=O) groups excluding carboxylic acids is 2.